The number of H-pyrrole nitrogens is 1. The van der Waals surface area contributed by atoms with Crippen LogP contribution < -0.4 is 10.9 Å². The molecular formula is C22H16Cl2FN7O. The van der Waals surface area contributed by atoms with E-state index in [0.717, 1.165) is 0 Å². The van der Waals surface area contributed by atoms with Crippen LogP contribution >= 0.6 is 23.2 Å². The largest absolute Gasteiger partial charge is 0.358 e. The van der Waals surface area contributed by atoms with Crippen molar-refractivity contribution in [2.45, 2.75) is 19.4 Å². The summed E-state index contributed by atoms with van der Waals surface area (Å²) in [5, 5.41) is 3.57. The molecule has 0 aliphatic carbocycles. The zero-order valence-electron chi connectivity index (χ0n) is 17.2. The Hall–Kier alpha value is -3.56. The van der Waals surface area contributed by atoms with Crippen LogP contribution in [0.5, 0.6) is 0 Å². The molecule has 11 heteroatoms. The molecule has 166 valence electrons. The Kier molecular flexibility index (Phi) is 5.43. The SMILES string of the molecule is CC[C@@H](Nc1ncnc2[nH]cnc12)c1nc2ccc(F)c(Cl)c2c(=O)n1-c1ccc(Cl)cc1. The molecule has 0 amide bonds. The van der Waals surface area contributed by atoms with Crippen molar-refractivity contribution in [3.63, 3.8) is 0 Å². The molecule has 0 aliphatic rings. The van der Waals surface area contributed by atoms with Crippen molar-refractivity contribution in [1.82, 2.24) is 29.5 Å². The molecule has 0 saturated carbocycles. The lowest BCUT2D eigenvalue weighted by molar-refractivity contribution is 0.628. The minimum atomic E-state index is -0.689. The molecule has 0 saturated heterocycles. The molecule has 0 unspecified atom stereocenters. The maximum absolute atomic E-state index is 14.2. The van der Waals surface area contributed by atoms with Gasteiger partial charge in [-0.1, -0.05) is 30.1 Å². The topological polar surface area (TPSA) is 101 Å². The minimum Gasteiger partial charge on any atom is -0.358 e. The molecule has 2 aromatic carbocycles. The van der Waals surface area contributed by atoms with Gasteiger partial charge >= 0.3 is 0 Å². The summed E-state index contributed by atoms with van der Waals surface area (Å²) in [4.78, 5) is 34.0. The number of benzene rings is 2. The van der Waals surface area contributed by atoms with Gasteiger partial charge in [0.1, 0.15) is 23.5 Å². The molecule has 1 atom stereocenters. The number of hydrogen-bond acceptors (Lipinski definition) is 6. The number of anilines is 1. The predicted molar refractivity (Wildman–Crippen MR) is 126 cm³/mol. The van der Waals surface area contributed by atoms with Gasteiger partial charge in [0, 0.05) is 5.02 Å². The van der Waals surface area contributed by atoms with Crippen molar-refractivity contribution in [2.75, 3.05) is 5.32 Å². The van der Waals surface area contributed by atoms with Crippen LogP contribution in [0.3, 0.4) is 0 Å². The molecule has 33 heavy (non-hydrogen) atoms. The summed E-state index contributed by atoms with van der Waals surface area (Å²) in [6.45, 7) is 1.95. The second-order valence-corrected chi connectivity index (χ2v) is 8.08. The molecule has 0 spiro atoms. The standard InChI is InChI=1S/C22H16Cl2FN7O/c1-2-14(30-20-18-19(27-9-26-18)28-10-29-20)21-31-15-8-7-13(25)17(24)16(15)22(33)32(21)12-5-3-11(23)4-6-12/h3-10,14H,2H2,1H3,(H2,26,27,28,29,30)/t14-/m1/s1. The van der Waals surface area contributed by atoms with E-state index in [9.17, 15) is 9.18 Å². The smallest absolute Gasteiger partial charge is 0.267 e. The van der Waals surface area contributed by atoms with E-state index in [1.807, 2.05) is 6.92 Å². The van der Waals surface area contributed by atoms with Crippen LogP contribution in [-0.4, -0.2) is 29.5 Å². The normalized spacial score (nSPS) is 12.4. The third kappa shape index (κ3) is 3.69. The molecule has 5 aromatic rings. The Morgan fingerprint density at radius 2 is 1.91 bits per heavy atom. The summed E-state index contributed by atoms with van der Waals surface area (Å²) in [5.41, 5.74) is 1.45. The van der Waals surface area contributed by atoms with Crippen molar-refractivity contribution in [2.24, 2.45) is 0 Å². The number of hydrogen-bond donors (Lipinski definition) is 2. The predicted octanol–water partition coefficient (Wildman–Crippen LogP) is 5.06. The quantitative estimate of drug-likeness (QED) is 0.362. The summed E-state index contributed by atoms with van der Waals surface area (Å²) >= 11 is 12.2. The van der Waals surface area contributed by atoms with Gasteiger partial charge < -0.3 is 10.3 Å². The molecule has 2 N–H and O–H groups in total. The van der Waals surface area contributed by atoms with Crippen LogP contribution in [0.1, 0.15) is 25.2 Å². The van der Waals surface area contributed by atoms with Crippen LogP contribution in [0.25, 0.3) is 27.8 Å². The van der Waals surface area contributed by atoms with E-state index in [4.69, 9.17) is 28.2 Å². The fourth-order valence-electron chi connectivity index (χ4n) is 3.68. The van der Waals surface area contributed by atoms with Gasteiger partial charge in [-0.05, 0) is 42.8 Å². The van der Waals surface area contributed by atoms with Crippen LogP contribution in [0.15, 0.2) is 53.8 Å². The van der Waals surface area contributed by atoms with Crippen molar-refractivity contribution in [3.05, 3.63) is 81.1 Å². The third-order valence-electron chi connectivity index (χ3n) is 5.29. The third-order valence-corrected chi connectivity index (χ3v) is 5.91. The van der Waals surface area contributed by atoms with E-state index in [0.29, 0.717) is 45.5 Å². The van der Waals surface area contributed by atoms with E-state index in [-0.39, 0.29) is 10.4 Å². The first kappa shape index (κ1) is 21.3. The minimum absolute atomic E-state index is 0.00180. The summed E-state index contributed by atoms with van der Waals surface area (Å²) in [6, 6.07) is 8.90. The fraction of sp³-hybridized carbons (Fsp3) is 0.136. The van der Waals surface area contributed by atoms with Gasteiger partial charge in [-0.3, -0.25) is 9.36 Å². The molecule has 0 bridgehead atoms. The lowest BCUT2D eigenvalue weighted by atomic mass is 10.1. The molecule has 0 fully saturated rings. The van der Waals surface area contributed by atoms with Crippen molar-refractivity contribution in [3.8, 4) is 5.69 Å². The number of imidazole rings is 1. The summed E-state index contributed by atoms with van der Waals surface area (Å²) in [7, 11) is 0. The highest BCUT2D eigenvalue weighted by Crippen LogP contribution is 2.29. The van der Waals surface area contributed by atoms with Gasteiger partial charge in [-0.2, -0.15) is 0 Å². The van der Waals surface area contributed by atoms with E-state index in [1.54, 1.807) is 24.3 Å². The van der Waals surface area contributed by atoms with Gasteiger partial charge in [0.15, 0.2) is 11.5 Å². The van der Waals surface area contributed by atoms with E-state index in [2.05, 4.69) is 25.3 Å². The highest BCUT2D eigenvalue weighted by molar-refractivity contribution is 6.35. The van der Waals surface area contributed by atoms with Crippen LogP contribution in [-0.2, 0) is 0 Å². The first-order chi connectivity index (χ1) is 16.0. The summed E-state index contributed by atoms with van der Waals surface area (Å²) in [5.74, 6) is 0.204. The van der Waals surface area contributed by atoms with Crippen LogP contribution in [0.4, 0.5) is 10.2 Å². The lowest BCUT2D eigenvalue weighted by Gasteiger charge is -2.22. The number of nitrogens with one attached hydrogen (secondary N) is 2. The molecular weight excluding hydrogens is 468 g/mol. The molecule has 3 heterocycles. The highest BCUT2D eigenvalue weighted by atomic mass is 35.5. The second-order valence-electron chi connectivity index (χ2n) is 7.27. The Morgan fingerprint density at radius 1 is 1.12 bits per heavy atom. The highest BCUT2D eigenvalue weighted by Gasteiger charge is 2.23. The number of fused-ring (bicyclic) bond motifs is 2. The zero-order chi connectivity index (χ0) is 23.1. The summed E-state index contributed by atoms with van der Waals surface area (Å²) in [6.07, 6.45) is 3.49. The maximum Gasteiger partial charge on any atom is 0.267 e. The van der Waals surface area contributed by atoms with Crippen LogP contribution in [0, 0.1) is 5.82 Å². The van der Waals surface area contributed by atoms with Crippen molar-refractivity contribution in [1.29, 1.82) is 0 Å². The number of aromatic amines is 1. The Morgan fingerprint density at radius 3 is 2.67 bits per heavy atom. The number of nitrogens with zero attached hydrogens (tertiary/aromatic N) is 5. The Bertz CT molecular complexity index is 1550. The van der Waals surface area contributed by atoms with Crippen molar-refractivity contribution >= 4 is 51.1 Å². The van der Waals surface area contributed by atoms with Crippen LogP contribution in [0.2, 0.25) is 10.0 Å². The Balaban J connectivity index is 1.75. The molecule has 8 nitrogen and oxygen atoms in total. The maximum atomic E-state index is 14.2. The van der Waals surface area contributed by atoms with Gasteiger partial charge in [-0.15, -0.1) is 0 Å². The first-order valence-electron chi connectivity index (χ1n) is 10.0. The molecule has 3 aromatic heterocycles. The Labute approximate surface area is 196 Å². The average molecular weight is 484 g/mol. The fourth-order valence-corrected chi connectivity index (χ4v) is 4.05. The summed E-state index contributed by atoms with van der Waals surface area (Å²) < 4.78 is 15.6. The molecule has 0 radical (unpaired) electrons. The lowest BCUT2D eigenvalue weighted by Crippen LogP contribution is -2.28. The van der Waals surface area contributed by atoms with E-state index < -0.39 is 17.4 Å². The zero-order valence-corrected chi connectivity index (χ0v) is 18.7. The first-order valence-corrected chi connectivity index (χ1v) is 10.8. The number of aromatic nitrogens is 6. The van der Waals surface area contributed by atoms with Gasteiger partial charge in [-0.25, -0.2) is 24.3 Å². The van der Waals surface area contributed by atoms with Crippen molar-refractivity contribution < 1.29 is 4.39 Å². The number of halogens is 3. The molecule has 0 aliphatic heterocycles. The monoisotopic (exact) mass is 483 g/mol. The van der Waals surface area contributed by atoms with Gasteiger partial charge in [0.25, 0.3) is 5.56 Å². The van der Waals surface area contributed by atoms with Gasteiger partial charge in [0.2, 0.25) is 0 Å². The second kappa shape index (κ2) is 8.42. The molecule has 5 rings (SSSR count). The van der Waals surface area contributed by atoms with Gasteiger partial charge in [0.05, 0.1) is 34.0 Å². The number of rotatable bonds is 5. The van der Waals surface area contributed by atoms with E-state index in [1.165, 1.54) is 29.4 Å². The average Bonchev–Trinajstić information content (AvgIpc) is 3.30. The van der Waals surface area contributed by atoms with E-state index >= 15 is 0 Å².